The van der Waals surface area contributed by atoms with Gasteiger partial charge in [-0.3, -0.25) is 0 Å². The molecular formula is C13H19FO3. The van der Waals surface area contributed by atoms with E-state index in [1.807, 2.05) is 6.92 Å². The number of ether oxygens (including phenoxy) is 2. The molecule has 96 valence electrons. The third kappa shape index (κ3) is 3.33. The van der Waals surface area contributed by atoms with E-state index in [1.165, 1.54) is 26.4 Å². The van der Waals surface area contributed by atoms with Gasteiger partial charge in [0.2, 0.25) is 0 Å². The first-order valence-electron chi connectivity index (χ1n) is 5.73. The van der Waals surface area contributed by atoms with Crippen LogP contribution in [0.4, 0.5) is 4.39 Å². The largest absolute Gasteiger partial charge is 0.493 e. The summed E-state index contributed by atoms with van der Waals surface area (Å²) >= 11 is 0. The van der Waals surface area contributed by atoms with Crippen LogP contribution in [0.2, 0.25) is 0 Å². The summed E-state index contributed by atoms with van der Waals surface area (Å²) < 4.78 is 23.8. The number of halogens is 1. The smallest absolute Gasteiger partial charge is 0.163 e. The molecule has 0 radical (unpaired) electrons. The van der Waals surface area contributed by atoms with Gasteiger partial charge in [-0.05, 0) is 12.5 Å². The minimum absolute atomic E-state index is 0.260. The number of methoxy groups -OCH3 is 2. The summed E-state index contributed by atoms with van der Waals surface area (Å²) in [4.78, 5) is 0. The van der Waals surface area contributed by atoms with Crippen molar-refractivity contribution in [3.8, 4) is 11.5 Å². The van der Waals surface area contributed by atoms with Crippen LogP contribution in [0.5, 0.6) is 11.5 Å². The fourth-order valence-electron chi connectivity index (χ4n) is 1.68. The van der Waals surface area contributed by atoms with Gasteiger partial charge in [0.05, 0.1) is 20.3 Å². The molecule has 1 aromatic rings. The minimum Gasteiger partial charge on any atom is -0.493 e. The first-order valence-corrected chi connectivity index (χ1v) is 5.73. The summed E-state index contributed by atoms with van der Waals surface area (Å²) in [5.74, 6) is 0.294. The molecule has 3 nitrogen and oxygen atoms in total. The van der Waals surface area contributed by atoms with Crippen LogP contribution < -0.4 is 9.47 Å². The Morgan fingerprint density at radius 1 is 1.24 bits per heavy atom. The van der Waals surface area contributed by atoms with E-state index in [4.69, 9.17) is 9.47 Å². The number of unbranched alkanes of at least 4 members (excludes halogenated alkanes) is 1. The molecule has 4 heteroatoms. The van der Waals surface area contributed by atoms with Crippen molar-refractivity contribution < 1.29 is 19.0 Å². The van der Waals surface area contributed by atoms with Gasteiger partial charge in [0.15, 0.2) is 11.5 Å². The first-order chi connectivity index (χ1) is 8.13. The molecule has 1 atom stereocenters. The summed E-state index contributed by atoms with van der Waals surface area (Å²) in [5, 5.41) is 9.88. The van der Waals surface area contributed by atoms with Crippen molar-refractivity contribution in [1.29, 1.82) is 0 Å². The van der Waals surface area contributed by atoms with Crippen LogP contribution in [0.25, 0.3) is 0 Å². The highest BCUT2D eigenvalue weighted by atomic mass is 19.1. The number of hydrogen-bond donors (Lipinski definition) is 1. The van der Waals surface area contributed by atoms with Crippen molar-refractivity contribution >= 4 is 0 Å². The van der Waals surface area contributed by atoms with E-state index in [2.05, 4.69) is 0 Å². The van der Waals surface area contributed by atoms with Crippen LogP contribution in [-0.4, -0.2) is 19.3 Å². The zero-order chi connectivity index (χ0) is 12.8. The van der Waals surface area contributed by atoms with Gasteiger partial charge < -0.3 is 14.6 Å². The summed E-state index contributed by atoms with van der Waals surface area (Å²) in [6.07, 6.45) is 1.57. The Kier molecular flexibility index (Phi) is 5.22. The third-order valence-electron chi connectivity index (χ3n) is 2.69. The number of aliphatic hydroxyl groups excluding tert-OH is 1. The van der Waals surface area contributed by atoms with Gasteiger partial charge in [-0.1, -0.05) is 19.8 Å². The fraction of sp³-hybridized carbons (Fsp3) is 0.538. The summed E-state index contributed by atoms with van der Waals surface area (Å²) in [6.45, 7) is 2.03. The normalized spacial score (nSPS) is 12.3. The molecule has 1 N–H and O–H groups in total. The van der Waals surface area contributed by atoms with Crippen molar-refractivity contribution in [2.75, 3.05) is 14.2 Å². The van der Waals surface area contributed by atoms with Gasteiger partial charge in [0, 0.05) is 11.6 Å². The zero-order valence-corrected chi connectivity index (χ0v) is 10.5. The second kappa shape index (κ2) is 6.45. The average molecular weight is 242 g/mol. The molecule has 0 aromatic heterocycles. The Hall–Kier alpha value is -1.29. The predicted octanol–water partition coefficient (Wildman–Crippen LogP) is 3.07. The highest BCUT2D eigenvalue weighted by molar-refractivity contribution is 5.44. The van der Waals surface area contributed by atoms with Crippen molar-refractivity contribution in [2.24, 2.45) is 0 Å². The van der Waals surface area contributed by atoms with E-state index in [-0.39, 0.29) is 5.56 Å². The SMILES string of the molecule is CCCCC(O)c1cc(OC)c(OC)cc1F. The maximum absolute atomic E-state index is 13.7. The number of aliphatic hydroxyl groups is 1. The Labute approximate surface area is 101 Å². The quantitative estimate of drug-likeness (QED) is 0.833. The van der Waals surface area contributed by atoms with E-state index in [9.17, 15) is 9.50 Å². The third-order valence-corrected chi connectivity index (χ3v) is 2.69. The number of rotatable bonds is 6. The van der Waals surface area contributed by atoms with E-state index < -0.39 is 11.9 Å². The lowest BCUT2D eigenvalue weighted by Gasteiger charge is -2.15. The summed E-state index contributed by atoms with van der Waals surface area (Å²) in [7, 11) is 2.93. The van der Waals surface area contributed by atoms with Crippen molar-refractivity contribution in [3.05, 3.63) is 23.5 Å². The molecule has 17 heavy (non-hydrogen) atoms. The average Bonchev–Trinajstić information content (AvgIpc) is 2.35. The van der Waals surface area contributed by atoms with Crippen LogP contribution in [0.15, 0.2) is 12.1 Å². The fourth-order valence-corrected chi connectivity index (χ4v) is 1.68. The Morgan fingerprint density at radius 2 is 1.82 bits per heavy atom. The molecule has 0 aliphatic heterocycles. The topological polar surface area (TPSA) is 38.7 Å². The standard InChI is InChI=1S/C13H19FO3/c1-4-5-6-11(15)9-7-12(16-2)13(17-3)8-10(9)14/h7-8,11,15H,4-6H2,1-3H3. The monoisotopic (exact) mass is 242 g/mol. The lowest BCUT2D eigenvalue weighted by molar-refractivity contribution is 0.159. The Morgan fingerprint density at radius 3 is 2.35 bits per heavy atom. The molecule has 1 rings (SSSR count). The van der Waals surface area contributed by atoms with Crippen molar-refractivity contribution in [1.82, 2.24) is 0 Å². The van der Waals surface area contributed by atoms with E-state index in [0.717, 1.165) is 12.8 Å². The van der Waals surface area contributed by atoms with Crippen LogP contribution in [0, 0.1) is 5.82 Å². The van der Waals surface area contributed by atoms with Crippen LogP contribution in [0.3, 0.4) is 0 Å². The molecule has 0 aliphatic carbocycles. The Bertz CT molecular complexity index is 366. The van der Waals surface area contributed by atoms with E-state index >= 15 is 0 Å². The predicted molar refractivity (Wildman–Crippen MR) is 64.0 cm³/mol. The molecule has 0 fully saturated rings. The zero-order valence-electron chi connectivity index (χ0n) is 10.5. The number of hydrogen-bond acceptors (Lipinski definition) is 3. The van der Waals surface area contributed by atoms with Crippen LogP contribution in [-0.2, 0) is 0 Å². The molecule has 1 unspecified atom stereocenters. The van der Waals surface area contributed by atoms with Gasteiger partial charge in [-0.2, -0.15) is 0 Å². The maximum Gasteiger partial charge on any atom is 0.163 e. The summed E-state index contributed by atoms with van der Waals surface area (Å²) in [5.41, 5.74) is 0.260. The van der Waals surface area contributed by atoms with Crippen molar-refractivity contribution in [2.45, 2.75) is 32.3 Å². The molecule has 0 spiro atoms. The Balaban J connectivity index is 2.99. The molecule has 0 heterocycles. The van der Waals surface area contributed by atoms with E-state index in [1.54, 1.807) is 0 Å². The minimum atomic E-state index is -0.797. The van der Waals surface area contributed by atoms with Gasteiger partial charge in [0.25, 0.3) is 0 Å². The van der Waals surface area contributed by atoms with Gasteiger partial charge in [-0.15, -0.1) is 0 Å². The molecule has 0 saturated heterocycles. The molecule has 0 aliphatic rings. The molecular weight excluding hydrogens is 223 g/mol. The van der Waals surface area contributed by atoms with E-state index in [0.29, 0.717) is 17.9 Å². The molecule has 0 saturated carbocycles. The second-order valence-electron chi connectivity index (χ2n) is 3.89. The lowest BCUT2D eigenvalue weighted by atomic mass is 10.0. The molecule has 0 bridgehead atoms. The van der Waals surface area contributed by atoms with Crippen molar-refractivity contribution in [3.63, 3.8) is 0 Å². The van der Waals surface area contributed by atoms with Gasteiger partial charge >= 0.3 is 0 Å². The van der Waals surface area contributed by atoms with Gasteiger partial charge in [-0.25, -0.2) is 4.39 Å². The van der Waals surface area contributed by atoms with Crippen LogP contribution in [0.1, 0.15) is 37.9 Å². The van der Waals surface area contributed by atoms with Crippen LogP contribution >= 0.6 is 0 Å². The first kappa shape index (κ1) is 13.8. The highest BCUT2D eigenvalue weighted by Crippen LogP contribution is 2.33. The molecule has 0 amide bonds. The lowest BCUT2D eigenvalue weighted by Crippen LogP contribution is -2.03. The summed E-state index contributed by atoms with van der Waals surface area (Å²) in [6, 6.07) is 2.73. The number of benzene rings is 1. The maximum atomic E-state index is 13.7. The van der Waals surface area contributed by atoms with Gasteiger partial charge in [0.1, 0.15) is 5.82 Å². The second-order valence-corrected chi connectivity index (χ2v) is 3.89. The molecule has 1 aromatic carbocycles. The highest BCUT2D eigenvalue weighted by Gasteiger charge is 2.17.